The fourth-order valence-electron chi connectivity index (χ4n) is 3.64. The van der Waals surface area contributed by atoms with Gasteiger partial charge in [0, 0.05) is 0 Å². The molecule has 4 aromatic rings. The summed E-state index contributed by atoms with van der Waals surface area (Å²) in [6.07, 6.45) is 0.982. The molecule has 2 radical (unpaired) electrons. The van der Waals surface area contributed by atoms with Gasteiger partial charge in [0.1, 0.15) is 0 Å². The Hall–Kier alpha value is -2.60. The molecule has 0 bridgehead atoms. The predicted octanol–water partition coefficient (Wildman–Crippen LogP) is 7.12. The van der Waals surface area contributed by atoms with Crippen LogP contribution < -0.4 is 0 Å². The Balaban J connectivity index is 2.13. The third kappa shape index (κ3) is 2.90. The molecule has 0 aliphatic heterocycles. The van der Waals surface area contributed by atoms with Crippen LogP contribution in [0.3, 0.4) is 0 Å². The van der Waals surface area contributed by atoms with Crippen LogP contribution in [0.1, 0.15) is 38.8 Å². The first-order valence-corrected chi connectivity index (χ1v) is 9.37. The standard InChI is InChI=1S/C26H24/c1-5-18-14-21-12-8-9-13-22(21)23(15-18)24-16-19-10-6-7-11-20(19)17-25(24)26(2,3)4/h6-14,17H,5H2,1-4H3. The van der Waals surface area contributed by atoms with Gasteiger partial charge in [-0.3, -0.25) is 0 Å². The molecule has 0 fully saturated rings. The van der Waals surface area contributed by atoms with Crippen LogP contribution in [0.5, 0.6) is 0 Å². The third-order valence-corrected chi connectivity index (χ3v) is 5.07. The minimum atomic E-state index is 0.0347. The molecule has 0 amide bonds. The van der Waals surface area contributed by atoms with Crippen molar-refractivity contribution in [3.63, 3.8) is 0 Å². The summed E-state index contributed by atoms with van der Waals surface area (Å²) in [7, 11) is 0. The fraction of sp³-hybridized carbons (Fsp3) is 0.231. The summed E-state index contributed by atoms with van der Waals surface area (Å²) in [5.74, 6) is 0. The Morgan fingerprint density at radius 1 is 0.769 bits per heavy atom. The minimum absolute atomic E-state index is 0.0347. The SMILES string of the molecule is CCc1[c]c(-c2[c]c3ccccc3cc2C(C)(C)C)c2ccccc2c1. The van der Waals surface area contributed by atoms with Crippen molar-refractivity contribution in [3.8, 4) is 11.1 Å². The summed E-state index contributed by atoms with van der Waals surface area (Å²) < 4.78 is 0. The largest absolute Gasteiger partial charge is 0.0616 e. The number of rotatable bonds is 2. The van der Waals surface area contributed by atoms with Gasteiger partial charge < -0.3 is 0 Å². The summed E-state index contributed by atoms with van der Waals surface area (Å²) in [5.41, 5.74) is 4.97. The Labute approximate surface area is 156 Å². The van der Waals surface area contributed by atoms with Gasteiger partial charge in [-0.1, -0.05) is 82.3 Å². The van der Waals surface area contributed by atoms with Crippen LogP contribution in [0, 0.1) is 12.1 Å². The summed E-state index contributed by atoms with van der Waals surface area (Å²) in [6.45, 7) is 9.03. The molecule has 0 nitrogen and oxygen atoms in total. The zero-order valence-corrected chi connectivity index (χ0v) is 16.0. The van der Waals surface area contributed by atoms with Crippen LogP contribution in [-0.2, 0) is 11.8 Å². The molecular formula is C26H24. The highest BCUT2D eigenvalue weighted by atomic mass is 14.2. The van der Waals surface area contributed by atoms with Gasteiger partial charge in [0.15, 0.2) is 0 Å². The first-order chi connectivity index (χ1) is 12.5. The van der Waals surface area contributed by atoms with E-state index in [-0.39, 0.29) is 5.41 Å². The van der Waals surface area contributed by atoms with E-state index in [9.17, 15) is 0 Å². The van der Waals surface area contributed by atoms with Crippen LogP contribution in [0.2, 0.25) is 0 Å². The molecule has 0 atom stereocenters. The number of fused-ring (bicyclic) bond motifs is 2. The van der Waals surface area contributed by atoms with Crippen molar-refractivity contribution in [1.29, 1.82) is 0 Å². The van der Waals surface area contributed by atoms with E-state index in [4.69, 9.17) is 0 Å². The number of hydrogen-bond donors (Lipinski definition) is 0. The second-order valence-electron chi connectivity index (χ2n) is 8.01. The molecule has 4 aromatic carbocycles. The van der Waals surface area contributed by atoms with Gasteiger partial charge in [-0.2, -0.15) is 0 Å². The van der Waals surface area contributed by atoms with E-state index in [0.29, 0.717) is 0 Å². The smallest absolute Gasteiger partial charge is 0.00108 e. The molecule has 0 aliphatic rings. The molecule has 0 unspecified atom stereocenters. The molecular weight excluding hydrogens is 312 g/mol. The molecule has 128 valence electrons. The molecule has 0 heteroatoms. The fourth-order valence-corrected chi connectivity index (χ4v) is 3.64. The third-order valence-electron chi connectivity index (χ3n) is 5.07. The summed E-state index contributed by atoms with van der Waals surface area (Å²) >= 11 is 0. The topological polar surface area (TPSA) is 0 Å². The van der Waals surface area contributed by atoms with E-state index in [0.717, 1.165) is 11.8 Å². The van der Waals surface area contributed by atoms with Gasteiger partial charge >= 0.3 is 0 Å². The first kappa shape index (κ1) is 16.8. The Kier molecular flexibility index (Phi) is 4.07. The van der Waals surface area contributed by atoms with Gasteiger partial charge in [0.05, 0.1) is 0 Å². The van der Waals surface area contributed by atoms with Gasteiger partial charge in [0.2, 0.25) is 0 Å². The second kappa shape index (κ2) is 6.29. The van der Waals surface area contributed by atoms with Gasteiger partial charge in [0.25, 0.3) is 0 Å². The predicted molar refractivity (Wildman–Crippen MR) is 113 cm³/mol. The average molecular weight is 336 g/mol. The average Bonchev–Trinajstić information content (AvgIpc) is 2.65. The second-order valence-corrected chi connectivity index (χ2v) is 8.01. The lowest BCUT2D eigenvalue weighted by Crippen LogP contribution is -2.13. The monoisotopic (exact) mass is 336 g/mol. The molecule has 0 saturated carbocycles. The Morgan fingerprint density at radius 2 is 1.46 bits per heavy atom. The highest BCUT2D eigenvalue weighted by Gasteiger charge is 2.21. The molecule has 0 heterocycles. The van der Waals surface area contributed by atoms with Crippen molar-refractivity contribution < 1.29 is 0 Å². The maximum absolute atomic E-state index is 3.73. The number of hydrogen-bond acceptors (Lipinski definition) is 0. The van der Waals surface area contributed by atoms with E-state index < -0.39 is 0 Å². The lowest BCUT2D eigenvalue weighted by atomic mass is 9.79. The number of aryl methyl sites for hydroxylation is 1. The van der Waals surface area contributed by atoms with Crippen molar-refractivity contribution in [2.45, 2.75) is 39.5 Å². The van der Waals surface area contributed by atoms with Gasteiger partial charge in [-0.15, -0.1) is 0 Å². The maximum Gasteiger partial charge on any atom is -0.00108 e. The van der Waals surface area contributed by atoms with Crippen molar-refractivity contribution >= 4 is 21.5 Å². The molecule has 0 aliphatic carbocycles. The van der Waals surface area contributed by atoms with E-state index >= 15 is 0 Å². The van der Waals surface area contributed by atoms with E-state index in [1.165, 1.54) is 38.4 Å². The highest BCUT2D eigenvalue weighted by molar-refractivity contribution is 6.00. The molecule has 0 aromatic heterocycles. The van der Waals surface area contributed by atoms with Crippen molar-refractivity contribution in [2.75, 3.05) is 0 Å². The maximum atomic E-state index is 3.73. The van der Waals surface area contributed by atoms with Crippen LogP contribution >= 0.6 is 0 Å². The Bertz CT molecular complexity index is 1090. The normalized spacial score (nSPS) is 12.0. The van der Waals surface area contributed by atoms with Crippen molar-refractivity contribution in [1.82, 2.24) is 0 Å². The van der Waals surface area contributed by atoms with E-state index in [1.54, 1.807) is 0 Å². The zero-order valence-electron chi connectivity index (χ0n) is 16.0. The zero-order chi connectivity index (χ0) is 18.3. The van der Waals surface area contributed by atoms with Crippen molar-refractivity contribution in [3.05, 3.63) is 83.9 Å². The quantitative estimate of drug-likeness (QED) is 0.365. The van der Waals surface area contributed by atoms with Crippen LogP contribution in [0.25, 0.3) is 32.7 Å². The van der Waals surface area contributed by atoms with Crippen LogP contribution in [0.15, 0.2) is 60.7 Å². The molecule has 4 rings (SSSR count). The van der Waals surface area contributed by atoms with Crippen LogP contribution in [-0.4, -0.2) is 0 Å². The highest BCUT2D eigenvalue weighted by Crippen LogP contribution is 2.39. The summed E-state index contributed by atoms with van der Waals surface area (Å²) in [6, 6.07) is 29.2. The molecule has 0 N–H and O–H groups in total. The Morgan fingerprint density at radius 3 is 2.19 bits per heavy atom. The van der Waals surface area contributed by atoms with Gasteiger partial charge in [-0.05, 0) is 73.8 Å². The molecule has 0 spiro atoms. The minimum Gasteiger partial charge on any atom is -0.0616 e. The van der Waals surface area contributed by atoms with E-state index in [2.05, 4.69) is 100 Å². The lowest BCUT2D eigenvalue weighted by Gasteiger charge is -2.24. The van der Waals surface area contributed by atoms with E-state index in [1.807, 2.05) is 0 Å². The summed E-state index contributed by atoms with van der Waals surface area (Å²) in [4.78, 5) is 0. The molecule has 26 heavy (non-hydrogen) atoms. The molecule has 0 saturated heterocycles. The van der Waals surface area contributed by atoms with Gasteiger partial charge in [-0.25, -0.2) is 0 Å². The summed E-state index contributed by atoms with van der Waals surface area (Å²) in [5, 5.41) is 4.94. The van der Waals surface area contributed by atoms with Crippen molar-refractivity contribution in [2.24, 2.45) is 0 Å². The van der Waals surface area contributed by atoms with Crippen LogP contribution in [0.4, 0.5) is 0 Å². The first-order valence-electron chi connectivity index (χ1n) is 9.37. The number of benzene rings is 4. The lowest BCUT2D eigenvalue weighted by molar-refractivity contribution is 0.593.